The maximum absolute atomic E-state index is 5.20. The highest BCUT2D eigenvalue weighted by Crippen LogP contribution is 2.06. The van der Waals surface area contributed by atoms with Crippen molar-refractivity contribution < 1.29 is 4.74 Å². The zero-order valence-electron chi connectivity index (χ0n) is 8.29. The number of ether oxygens (including phenoxy) is 1. The molecule has 0 fully saturated rings. The predicted molar refractivity (Wildman–Crippen MR) is 60.1 cm³/mol. The predicted octanol–water partition coefficient (Wildman–Crippen LogP) is 1.97. The lowest BCUT2D eigenvalue weighted by Gasteiger charge is -2.04. The van der Waals surface area contributed by atoms with Gasteiger partial charge in [-0.3, -0.25) is 4.98 Å². The Morgan fingerprint density at radius 2 is 2.36 bits per heavy atom. The summed E-state index contributed by atoms with van der Waals surface area (Å²) in [6, 6.07) is 3.99. The van der Waals surface area contributed by atoms with Crippen molar-refractivity contribution in [2.45, 2.75) is 13.5 Å². The standard InChI is InChI=1S/C10H15BrN2O/c1-2-14-6-5-12-8-10-4-3-9(11)7-13-10/h3-4,7,12H,2,5-6,8H2,1H3. The molecule has 0 bridgehead atoms. The molecule has 1 aromatic rings. The van der Waals surface area contributed by atoms with Gasteiger partial charge in [0, 0.05) is 30.4 Å². The van der Waals surface area contributed by atoms with Crippen LogP contribution in [0.2, 0.25) is 0 Å². The van der Waals surface area contributed by atoms with E-state index in [0.717, 1.165) is 36.5 Å². The third-order valence-corrected chi connectivity index (χ3v) is 2.19. The average Bonchev–Trinajstić information content (AvgIpc) is 2.21. The molecule has 0 aromatic carbocycles. The first kappa shape index (κ1) is 11.6. The summed E-state index contributed by atoms with van der Waals surface area (Å²) in [7, 11) is 0. The quantitative estimate of drug-likeness (QED) is 0.793. The van der Waals surface area contributed by atoms with Gasteiger partial charge in [-0.15, -0.1) is 0 Å². The number of rotatable bonds is 6. The van der Waals surface area contributed by atoms with Gasteiger partial charge in [-0.2, -0.15) is 0 Å². The van der Waals surface area contributed by atoms with Crippen LogP contribution in [0, 0.1) is 0 Å². The zero-order chi connectivity index (χ0) is 10.2. The van der Waals surface area contributed by atoms with Crippen LogP contribution in [0.4, 0.5) is 0 Å². The summed E-state index contributed by atoms with van der Waals surface area (Å²) in [4.78, 5) is 4.25. The van der Waals surface area contributed by atoms with Crippen LogP contribution in [0.15, 0.2) is 22.8 Å². The first-order valence-electron chi connectivity index (χ1n) is 4.72. The number of nitrogens with one attached hydrogen (secondary N) is 1. The minimum atomic E-state index is 0.757. The normalized spacial score (nSPS) is 10.4. The van der Waals surface area contributed by atoms with E-state index >= 15 is 0 Å². The van der Waals surface area contributed by atoms with Crippen LogP contribution >= 0.6 is 15.9 Å². The highest BCUT2D eigenvalue weighted by atomic mass is 79.9. The van der Waals surface area contributed by atoms with E-state index < -0.39 is 0 Å². The van der Waals surface area contributed by atoms with Crippen molar-refractivity contribution >= 4 is 15.9 Å². The van der Waals surface area contributed by atoms with Crippen molar-refractivity contribution in [1.29, 1.82) is 0 Å². The fourth-order valence-corrected chi connectivity index (χ4v) is 1.25. The minimum Gasteiger partial charge on any atom is -0.380 e. The largest absolute Gasteiger partial charge is 0.380 e. The number of aromatic nitrogens is 1. The van der Waals surface area contributed by atoms with E-state index in [-0.39, 0.29) is 0 Å². The van der Waals surface area contributed by atoms with Gasteiger partial charge in [0.05, 0.1) is 12.3 Å². The first-order chi connectivity index (χ1) is 6.83. The van der Waals surface area contributed by atoms with Gasteiger partial charge in [0.25, 0.3) is 0 Å². The van der Waals surface area contributed by atoms with Crippen molar-refractivity contribution in [3.8, 4) is 0 Å². The molecule has 1 N–H and O–H groups in total. The number of halogens is 1. The fraction of sp³-hybridized carbons (Fsp3) is 0.500. The lowest BCUT2D eigenvalue weighted by atomic mass is 10.3. The van der Waals surface area contributed by atoms with Crippen molar-refractivity contribution in [3.63, 3.8) is 0 Å². The van der Waals surface area contributed by atoms with E-state index in [0.29, 0.717) is 0 Å². The van der Waals surface area contributed by atoms with E-state index in [1.807, 2.05) is 19.1 Å². The molecule has 4 heteroatoms. The Kier molecular flexibility index (Phi) is 5.75. The minimum absolute atomic E-state index is 0.757. The van der Waals surface area contributed by atoms with Gasteiger partial charge < -0.3 is 10.1 Å². The van der Waals surface area contributed by atoms with Crippen LogP contribution in [-0.2, 0) is 11.3 Å². The molecule has 0 saturated carbocycles. The fourth-order valence-electron chi connectivity index (χ4n) is 1.02. The molecule has 0 radical (unpaired) electrons. The average molecular weight is 259 g/mol. The third kappa shape index (κ3) is 4.69. The molecule has 0 unspecified atom stereocenters. The third-order valence-electron chi connectivity index (χ3n) is 1.72. The van der Waals surface area contributed by atoms with Crippen molar-refractivity contribution in [2.24, 2.45) is 0 Å². The van der Waals surface area contributed by atoms with E-state index in [1.54, 1.807) is 6.20 Å². The van der Waals surface area contributed by atoms with E-state index in [1.165, 1.54) is 0 Å². The molecular weight excluding hydrogens is 244 g/mol. The molecular formula is C10H15BrN2O. The van der Waals surface area contributed by atoms with Crippen LogP contribution in [0.25, 0.3) is 0 Å². The highest BCUT2D eigenvalue weighted by molar-refractivity contribution is 9.10. The molecule has 14 heavy (non-hydrogen) atoms. The van der Waals surface area contributed by atoms with E-state index in [2.05, 4.69) is 26.2 Å². The van der Waals surface area contributed by atoms with Crippen molar-refractivity contribution in [1.82, 2.24) is 10.3 Å². The van der Waals surface area contributed by atoms with Gasteiger partial charge in [0.1, 0.15) is 0 Å². The van der Waals surface area contributed by atoms with Crippen LogP contribution in [0.1, 0.15) is 12.6 Å². The van der Waals surface area contributed by atoms with E-state index in [9.17, 15) is 0 Å². The lowest BCUT2D eigenvalue weighted by molar-refractivity contribution is 0.149. The van der Waals surface area contributed by atoms with Gasteiger partial charge in [-0.25, -0.2) is 0 Å². The summed E-state index contributed by atoms with van der Waals surface area (Å²) < 4.78 is 6.21. The smallest absolute Gasteiger partial charge is 0.0590 e. The summed E-state index contributed by atoms with van der Waals surface area (Å²) in [5, 5.41) is 3.25. The molecule has 0 aliphatic carbocycles. The van der Waals surface area contributed by atoms with Crippen LogP contribution in [0.3, 0.4) is 0 Å². The molecule has 3 nitrogen and oxygen atoms in total. The molecule has 1 aromatic heterocycles. The second kappa shape index (κ2) is 6.92. The van der Waals surface area contributed by atoms with Crippen LogP contribution in [0.5, 0.6) is 0 Å². The van der Waals surface area contributed by atoms with Gasteiger partial charge >= 0.3 is 0 Å². The molecule has 0 aliphatic heterocycles. The number of hydrogen-bond donors (Lipinski definition) is 1. The Labute approximate surface area is 93.0 Å². The zero-order valence-corrected chi connectivity index (χ0v) is 9.88. The summed E-state index contributed by atoms with van der Waals surface area (Å²) >= 11 is 3.34. The van der Waals surface area contributed by atoms with Gasteiger partial charge in [0.15, 0.2) is 0 Å². The molecule has 0 spiro atoms. The summed E-state index contributed by atoms with van der Waals surface area (Å²) in [5.74, 6) is 0. The maximum Gasteiger partial charge on any atom is 0.0590 e. The number of pyridine rings is 1. The van der Waals surface area contributed by atoms with Gasteiger partial charge in [-0.1, -0.05) is 0 Å². The second-order valence-electron chi connectivity index (χ2n) is 2.84. The number of nitrogens with zero attached hydrogens (tertiary/aromatic N) is 1. The Morgan fingerprint density at radius 1 is 1.50 bits per heavy atom. The Morgan fingerprint density at radius 3 is 3.00 bits per heavy atom. The van der Waals surface area contributed by atoms with Crippen LogP contribution in [-0.4, -0.2) is 24.7 Å². The van der Waals surface area contributed by atoms with Crippen molar-refractivity contribution in [2.75, 3.05) is 19.8 Å². The molecule has 0 saturated heterocycles. The van der Waals surface area contributed by atoms with Gasteiger partial charge in [-0.05, 0) is 35.0 Å². The lowest BCUT2D eigenvalue weighted by Crippen LogP contribution is -2.19. The summed E-state index contributed by atoms with van der Waals surface area (Å²) in [5.41, 5.74) is 1.05. The Hall–Kier alpha value is -0.450. The Bertz CT molecular complexity index is 251. The topological polar surface area (TPSA) is 34.1 Å². The first-order valence-corrected chi connectivity index (χ1v) is 5.51. The molecule has 1 heterocycles. The SMILES string of the molecule is CCOCCNCc1ccc(Br)cn1. The van der Waals surface area contributed by atoms with Crippen LogP contribution < -0.4 is 5.32 Å². The molecule has 0 amide bonds. The second-order valence-corrected chi connectivity index (χ2v) is 3.76. The summed E-state index contributed by atoms with van der Waals surface area (Å²) in [6.07, 6.45) is 1.81. The maximum atomic E-state index is 5.20. The van der Waals surface area contributed by atoms with Gasteiger partial charge in [0.2, 0.25) is 0 Å². The Balaban J connectivity index is 2.15. The highest BCUT2D eigenvalue weighted by Gasteiger charge is 1.93. The number of hydrogen-bond acceptors (Lipinski definition) is 3. The molecule has 1 rings (SSSR count). The van der Waals surface area contributed by atoms with E-state index in [4.69, 9.17) is 4.74 Å². The molecule has 78 valence electrons. The monoisotopic (exact) mass is 258 g/mol. The molecule has 0 aliphatic rings. The van der Waals surface area contributed by atoms with Crippen molar-refractivity contribution in [3.05, 3.63) is 28.5 Å². The summed E-state index contributed by atoms with van der Waals surface area (Å²) in [6.45, 7) is 5.19. The molecule has 0 atom stereocenters.